The van der Waals surface area contributed by atoms with Crippen molar-refractivity contribution in [2.75, 3.05) is 13.2 Å². The van der Waals surface area contributed by atoms with E-state index >= 15 is 0 Å². The third kappa shape index (κ3) is 2.69. The highest BCUT2D eigenvalue weighted by Crippen LogP contribution is 2.50. The van der Waals surface area contributed by atoms with E-state index in [1.807, 2.05) is 0 Å². The molecule has 5 rings (SSSR count). The Kier molecular flexibility index (Phi) is 3.52. The minimum Gasteiger partial charge on any atom is -0.369 e. The third-order valence-corrected chi connectivity index (χ3v) is 7.57. The molecule has 5 fully saturated rings. The van der Waals surface area contributed by atoms with Crippen LogP contribution in [0.5, 0.6) is 0 Å². The first-order valence-corrected chi connectivity index (χ1v) is 10.0. The smallest absolute Gasteiger partial charge is 0.115 e. The minimum absolute atomic E-state index is 0.0523. The van der Waals surface area contributed by atoms with Crippen LogP contribution in [0.4, 0.5) is 0 Å². The molecule has 0 radical (unpaired) electrons. The van der Waals surface area contributed by atoms with Crippen LogP contribution in [0.2, 0.25) is 0 Å². The van der Waals surface area contributed by atoms with Gasteiger partial charge in [-0.2, -0.15) is 0 Å². The number of ether oxygens (including phenoxy) is 5. The zero-order chi connectivity index (χ0) is 17.5. The molecule has 0 spiro atoms. The van der Waals surface area contributed by atoms with Crippen molar-refractivity contribution in [2.24, 2.45) is 0 Å². The molecule has 5 heteroatoms. The van der Waals surface area contributed by atoms with Crippen LogP contribution in [0.15, 0.2) is 0 Å². The van der Waals surface area contributed by atoms with E-state index in [4.69, 9.17) is 23.7 Å². The highest BCUT2D eigenvalue weighted by atomic mass is 16.6. The average molecular weight is 352 g/mol. The quantitative estimate of drug-likeness (QED) is 0.728. The van der Waals surface area contributed by atoms with Crippen LogP contribution in [-0.4, -0.2) is 60.0 Å². The summed E-state index contributed by atoms with van der Waals surface area (Å²) in [7, 11) is 0. The van der Waals surface area contributed by atoms with E-state index in [2.05, 4.69) is 27.7 Å². The molecule has 0 aromatic rings. The SMILES string of the molecule is C[C@]1([C@@H]2CC[C@@](C)([C@H]3CC[C@@H]([C@@]4(C)CC[C@H]([C@]5(C)CO5)O4)O3)O2)CO1. The lowest BCUT2D eigenvalue weighted by atomic mass is 9.90. The molecule has 142 valence electrons. The molecule has 8 atom stereocenters. The van der Waals surface area contributed by atoms with E-state index in [1.54, 1.807) is 0 Å². The second-order valence-electron chi connectivity index (χ2n) is 9.81. The summed E-state index contributed by atoms with van der Waals surface area (Å²) in [4.78, 5) is 0. The van der Waals surface area contributed by atoms with Crippen molar-refractivity contribution >= 4 is 0 Å². The first-order valence-electron chi connectivity index (χ1n) is 10.0. The van der Waals surface area contributed by atoms with Crippen LogP contribution in [0.1, 0.15) is 66.2 Å². The van der Waals surface area contributed by atoms with E-state index < -0.39 is 0 Å². The van der Waals surface area contributed by atoms with Gasteiger partial charge < -0.3 is 23.7 Å². The van der Waals surface area contributed by atoms with Gasteiger partial charge in [0.25, 0.3) is 0 Å². The molecule has 5 nitrogen and oxygen atoms in total. The zero-order valence-corrected chi connectivity index (χ0v) is 16.0. The molecule has 5 saturated heterocycles. The van der Waals surface area contributed by atoms with E-state index in [-0.39, 0.29) is 46.8 Å². The fourth-order valence-electron chi connectivity index (χ4n) is 5.19. The monoisotopic (exact) mass is 352 g/mol. The maximum atomic E-state index is 6.57. The van der Waals surface area contributed by atoms with Gasteiger partial charge in [0.15, 0.2) is 0 Å². The Bertz CT molecular complexity index is 508. The van der Waals surface area contributed by atoms with Crippen molar-refractivity contribution in [1.29, 1.82) is 0 Å². The molecule has 0 aliphatic carbocycles. The first-order chi connectivity index (χ1) is 11.7. The van der Waals surface area contributed by atoms with Crippen LogP contribution >= 0.6 is 0 Å². The molecule has 5 aliphatic heterocycles. The topological polar surface area (TPSA) is 52.8 Å². The van der Waals surface area contributed by atoms with Gasteiger partial charge in [0.2, 0.25) is 0 Å². The molecule has 0 amide bonds. The Labute approximate surface area is 150 Å². The summed E-state index contributed by atoms with van der Waals surface area (Å²) in [5, 5.41) is 0. The molecular weight excluding hydrogens is 320 g/mol. The minimum atomic E-state index is -0.186. The molecule has 0 aromatic carbocycles. The summed E-state index contributed by atoms with van der Waals surface area (Å²) < 4.78 is 30.7. The Morgan fingerprint density at radius 2 is 0.960 bits per heavy atom. The average Bonchev–Trinajstić information content (AvgIpc) is 3.28. The van der Waals surface area contributed by atoms with E-state index in [0.717, 1.165) is 51.7 Å². The van der Waals surface area contributed by atoms with Crippen LogP contribution in [0, 0.1) is 0 Å². The van der Waals surface area contributed by atoms with Crippen molar-refractivity contribution in [2.45, 2.75) is 113 Å². The molecule has 0 unspecified atom stereocenters. The van der Waals surface area contributed by atoms with Crippen molar-refractivity contribution in [3.05, 3.63) is 0 Å². The van der Waals surface area contributed by atoms with Gasteiger partial charge >= 0.3 is 0 Å². The fourth-order valence-corrected chi connectivity index (χ4v) is 5.19. The first kappa shape index (κ1) is 16.9. The summed E-state index contributed by atoms with van der Waals surface area (Å²) in [6.07, 6.45) is 7.14. The van der Waals surface area contributed by atoms with Gasteiger partial charge in [0.05, 0.1) is 48.8 Å². The number of rotatable bonds is 4. The second-order valence-corrected chi connectivity index (χ2v) is 9.81. The van der Waals surface area contributed by atoms with Gasteiger partial charge in [0, 0.05) is 0 Å². The largest absolute Gasteiger partial charge is 0.369 e. The lowest BCUT2D eigenvalue weighted by Gasteiger charge is -2.35. The van der Waals surface area contributed by atoms with Crippen LogP contribution in [0.25, 0.3) is 0 Å². The highest BCUT2D eigenvalue weighted by molar-refractivity contribution is 5.07. The molecule has 0 N–H and O–H groups in total. The van der Waals surface area contributed by atoms with Gasteiger partial charge in [-0.15, -0.1) is 0 Å². The molecule has 0 aromatic heterocycles. The predicted molar refractivity (Wildman–Crippen MR) is 91.6 cm³/mol. The van der Waals surface area contributed by atoms with Crippen molar-refractivity contribution < 1.29 is 23.7 Å². The summed E-state index contributed by atoms with van der Waals surface area (Å²) in [5.74, 6) is 0. The normalized spacial score (nSPS) is 61.0. The summed E-state index contributed by atoms with van der Waals surface area (Å²) >= 11 is 0. The summed E-state index contributed by atoms with van der Waals surface area (Å²) in [6, 6.07) is 0. The zero-order valence-electron chi connectivity index (χ0n) is 16.0. The third-order valence-electron chi connectivity index (χ3n) is 7.57. The van der Waals surface area contributed by atoms with E-state index in [1.165, 1.54) is 0 Å². The molecule has 0 bridgehead atoms. The molecule has 5 aliphatic rings. The molecular formula is C20H32O5. The Hall–Kier alpha value is -0.200. The van der Waals surface area contributed by atoms with Crippen LogP contribution < -0.4 is 0 Å². The molecule has 25 heavy (non-hydrogen) atoms. The lowest BCUT2D eigenvalue weighted by molar-refractivity contribution is -0.176. The Morgan fingerprint density at radius 1 is 0.560 bits per heavy atom. The van der Waals surface area contributed by atoms with Gasteiger partial charge in [-0.3, -0.25) is 0 Å². The van der Waals surface area contributed by atoms with Crippen LogP contribution in [0.3, 0.4) is 0 Å². The van der Waals surface area contributed by atoms with Crippen LogP contribution in [-0.2, 0) is 23.7 Å². The Balaban J connectivity index is 1.23. The lowest BCUT2D eigenvalue weighted by Crippen LogP contribution is -2.45. The maximum absolute atomic E-state index is 6.57. The van der Waals surface area contributed by atoms with E-state index in [0.29, 0.717) is 0 Å². The van der Waals surface area contributed by atoms with Gasteiger partial charge in [-0.1, -0.05) is 0 Å². The van der Waals surface area contributed by atoms with Gasteiger partial charge in [0.1, 0.15) is 11.2 Å². The van der Waals surface area contributed by atoms with Crippen molar-refractivity contribution in [3.63, 3.8) is 0 Å². The maximum Gasteiger partial charge on any atom is 0.115 e. The second kappa shape index (κ2) is 5.20. The number of epoxide rings is 2. The van der Waals surface area contributed by atoms with E-state index in [9.17, 15) is 0 Å². The summed E-state index contributed by atoms with van der Waals surface area (Å²) in [6.45, 7) is 10.4. The van der Waals surface area contributed by atoms with Crippen molar-refractivity contribution in [1.82, 2.24) is 0 Å². The standard InChI is InChI=1S/C20H32O5/c1-17(9-7-15(24-17)19(3)11-21-19)13-5-6-14(23-13)18(2)10-8-16(25-18)20(4)12-22-20/h13-16H,5-12H2,1-4H3/t13-,14+,15+,16-,17+,18-,19-,20+. The van der Waals surface area contributed by atoms with Gasteiger partial charge in [-0.25, -0.2) is 0 Å². The molecule has 5 heterocycles. The van der Waals surface area contributed by atoms with Gasteiger partial charge in [-0.05, 0) is 66.2 Å². The van der Waals surface area contributed by atoms with Crippen molar-refractivity contribution in [3.8, 4) is 0 Å². The fraction of sp³-hybridized carbons (Fsp3) is 1.00. The number of hydrogen-bond donors (Lipinski definition) is 0. The Morgan fingerprint density at radius 3 is 1.32 bits per heavy atom. The highest BCUT2D eigenvalue weighted by Gasteiger charge is 2.59. The summed E-state index contributed by atoms with van der Waals surface area (Å²) in [5.41, 5.74) is -0.477. The predicted octanol–water partition coefficient (Wildman–Crippen LogP) is 2.99. The number of hydrogen-bond acceptors (Lipinski definition) is 5. The molecule has 0 saturated carbocycles.